The summed E-state index contributed by atoms with van der Waals surface area (Å²) in [7, 11) is 1.69. The van der Waals surface area contributed by atoms with E-state index in [1.54, 1.807) is 19.2 Å². The number of rotatable bonds is 2. The van der Waals surface area contributed by atoms with Crippen LogP contribution in [-0.2, 0) is 0 Å². The van der Waals surface area contributed by atoms with Gasteiger partial charge in [-0.25, -0.2) is 9.78 Å². The summed E-state index contributed by atoms with van der Waals surface area (Å²) in [4.78, 5) is 14.9. The first kappa shape index (κ1) is 12.0. The van der Waals surface area contributed by atoms with Crippen molar-refractivity contribution in [2.24, 2.45) is 0 Å². The molecule has 0 amide bonds. The van der Waals surface area contributed by atoms with Crippen LogP contribution in [0.25, 0.3) is 10.9 Å². The molecule has 1 aromatic carbocycles. The van der Waals surface area contributed by atoms with E-state index < -0.39 is 5.97 Å². The van der Waals surface area contributed by atoms with Gasteiger partial charge in [0.2, 0.25) is 0 Å². The number of pyridine rings is 1. The van der Waals surface area contributed by atoms with Gasteiger partial charge in [-0.15, -0.1) is 0 Å². The highest BCUT2D eigenvalue weighted by Gasteiger charge is 2.13. The predicted octanol–water partition coefficient (Wildman–Crippen LogP) is 3.28. The molecule has 2 N–H and O–H groups in total. The van der Waals surface area contributed by atoms with E-state index in [2.05, 4.69) is 10.3 Å². The third-order valence-electron chi connectivity index (χ3n) is 2.31. The van der Waals surface area contributed by atoms with Gasteiger partial charge >= 0.3 is 5.97 Å². The quantitative estimate of drug-likeness (QED) is 0.879. The zero-order valence-corrected chi connectivity index (χ0v) is 10.3. The minimum Gasteiger partial charge on any atom is -0.477 e. The van der Waals surface area contributed by atoms with Gasteiger partial charge in [-0.05, 0) is 18.2 Å². The Morgan fingerprint density at radius 1 is 1.35 bits per heavy atom. The lowest BCUT2D eigenvalue weighted by molar-refractivity contribution is 0.0691. The third-order valence-corrected chi connectivity index (χ3v) is 2.83. The van der Waals surface area contributed by atoms with Crippen molar-refractivity contribution in [3.05, 3.63) is 33.9 Å². The standard InChI is InChI=1S/C11H8Cl2N2O2/c1-14-7-4-9(11(16)17)15-8-3-5(12)2-6(13)10(7)8/h2-4H,1H3,(H,14,15)(H,16,17). The van der Waals surface area contributed by atoms with Crippen molar-refractivity contribution in [2.75, 3.05) is 12.4 Å². The lowest BCUT2D eigenvalue weighted by Crippen LogP contribution is -2.03. The Balaban J connectivity index is 2.87. The van der Waals surface area contributed by atoms with E-state index in [0.717, 1.165) is 0 Å². The van der Waals surface area contributed by atoms with Gasteiger partial charge in [0.1, 0.15) is 0 Å². The molecule has 0 aliphatic rings. The topological polar surface area (TPSA) is 62.2 Å². The van der Waals surface area contributed by atoms with Crippen molar-refractivity contribution in [3.63, 3.8) is 0 Å². The molecule has 0 radical (unpaired) electrons. The Hall–Kier alpha value is -1.52. The minimum atomic E-state index is -1.10. The van der Waals surface area contributed by atoms with Crippen molar-refractivity contribution in [3.8, 4) is 0 Å². The second-order valence-corrected chi connectivity index (χ2v) is 4.24. The number of aromatic nitrogens is 1. The smallest absolute Gasteiger partial charge is 0.354 e. The van der Waals surface area contributed by atoms with Gasteiger partial charge in [0.25, 0.3) is 0 Å². The number of hydrogen-bond acceptors (Lipinski definition) is 3. The first-order valence-electron chi connectivity index (χ1n) is 4.73. The summed E-state index contributed by atoms with van der Waals surface area (Å²) in [5, 5.41) is 13.3. The van der Waals surface area contributed by atoms with E-state index in [-0.39, 0.29) is 5.69 Å². The summed E-state index contributed by atoms with van der Waals surface area (Å²) >= 11 is 11.9. The molecule has 17 heavy (non-hydrogen) atoms. The Kier molecular flexibility index (Phi) is 3.09. The van der Waals surface area contributed by atoms with E-state index in [0.29, 0.717) is 26.6 Å². The maximum absolute atomic E-state index is 10.9. The molecule has 0 aliphatic heterocycles. The van der Waals surface area contributed by atoms with Crippen LogP contribution in [0.5, 0.6) is 0 Å². The average Bonchev–Trinajstić information content (AvgIpc) is 2.26. The summed E-state index contributed by atoms with van der Waals surface area (Å²) in [6, 6.07) is 4.61. The van der Waals surface area contributed by atoms with Gasteiger partial charge in [-0.3, -0.25) is 0 Å². The number of benzene rings is 1. The number of fused-ring (bicyclic) bond motifs is 1. The molecule has 1 aromatic heterocycles. The molecule has 0 saturated carbocycles. The summed E-state index contributed by atoms with van der Waals surface area (Å²) in [5.41, 5.74) is 1.00. The van der Waals surface area contributed by atoms with Crippen LogP contribution in [0.3, 0.4) is 0 Å². The lowest BCUT2D eigenvalue weighted by atomic mass is 10.1. The number of nitrogens with zero attached hydrogens (tertiary/aromatic N) is 1. The van der Waals surface area contributed by atoms with Gasteiger partial charge in [0.15, 0.2) is 5.69 Å². The van der Waals surface area contributed by atoms with Crippen molar-refractivity contribution in [1.82, 2.24) is 4.98 Å². The number of carbonyl (C=O) groups is 1. The summed E-state index contributed by atoms with van der Waals surface area (Å²) in [6.07, 6.45) is 0. The molecule has 0 saturated heterocycles. The second kappa shape index (κ2) is 4.39. The summed E-state index contributed by atoms with van der Waals surface area (Å²) in [5.74, 6) is -1.10. The van der Waals surface area contributed by atoms with Crippen LogP contribution < -0.4 is 5.32 Å². The fourth-order valence-corrected chi connectivity index (χ4v) is 2.18. The molecule has 6 heteroatoms. The van der Waals surface area contributed by atoms with Crippen LogP contribution >= 0.6 is 23.2 Å². The molecule has 88 valence electrons. The highest BCUT2D eigenvalue weighted by atomic mass is 35.5. The maximum Gasteiger partial charge on any atom is 0.354 e. The number of anilines is 1. The molecule has 0 unspecified atom stereocenters. The van der Waals surface area contributed by atoms with Crippen molar-refractivity contribution >= 4 is 45.8 Å². The Morgan fingerprint density at radius 3 is 2.65 bits per heavy atom. The van der Waals surface area contributed by atoms with E-state index in [1.165, 1.54) is 6.07 Å². The molecule has 0 atom stereocenters. The highest BCUT2D eigenvalue weighted by molar-refractivity contribution is 6.39. The molecule has 0 aliphatic carbocycles. The fraction of sp³-hybridized carbons (Fsp3) is 0.0909. The van der Waals surface area contributed by atoms with Crippen LogP contribution in [-0.4, -0.2) is 23.1 Å². The Labute approximate surface area is 107 Å². The Morgan fingerprint density at radius 2 is 2.06 bits per heavy atom. The van der Waals surface area contributed by atoms with E-state index in [1.807, 2.05) is 0 Å². The highest BCUT2D eigenvalue weighted by Crippen LogP contribution is 2.32. The maximum atomic E-state index is 10.9. The molecular weight excluding hydrogens is 263 g/mol. The number of aromatic carboxylic acids is 1. The molecular formula is C11H8Cl2N2O2. The van der Waals surface area contributed by atoms with Crippen molar-refractivity contribution < 1.29 is 9.90 Å². The molecule has 0 spiro atoms. The molecule has 2 rings (SSSR count). The fourth-order valence-electron chi connectivity index (χ4n) is 1.59. The minimum absolute atomic E-state index is 0.0554. The molecule has 2 aromatic rings. The predicted molar refractivity (Wildman–Crippen MR) is 68.3 cm³/mol. The third kappa shape index (κ3) is 2.14. The van der Waals surface area contributed by atoms with Gasteiger partial charge in [-0.2, -0.15) is 0 Å². The molecule has 0 bridgehead atoms. The average molecular weight is 271 g/mol. The van der Waals surface area contributed by atoms with E-state index in [9.17, 15) is 4.79 Å². The SMILES string of the molecule is CNc1cc(C(=O)O)nc2cc(Cl)cc(Cl)c12. The van der Waals surface area contributed by atoms with Crippen LogP contribution in [0, 0.1) is 0 Å². The largest absolute Gasteiger partial charge is 0.477 e. The van der Waals surface area contributed by atoms with Crippen LogP contribution in [0.4, 0.5) is 5.69 Å². The normalized spacial score (nSPS) is 10.5. The van der Waals surface area contributed by atoms with E-state index in [4.69, 9.17) is 28.3 Å². The summed E-state index contributed by atoms with van der Waals surface area (Å²) < 4.78 is 0. The van der Waals surface area contributed by atoms with Gasteiger partial charge in [-0.1, -0.05) is 23.2 Å². The number of nitrogens with one attached hydrogen (secondary N) is 1. The molecule has 4 nitrogen and oxygen atoms in total. The van der Waals surface area contributed by atoms with Crippen molar-refractivity contribution in [2.45, 2.75) is 0 Å². The number of carboxylic acids is 1. The first-order valence-corrected chi connectivity index (χ1v) is 5.49. The monoisotopic (exact) mass is 270 g/mol. The van der Waals surface area contributed by atoms with Crippen LogP contribution in [0.2, 0.25) is 10.0 Å². The van der Waals surface area contributed by atoms with E-state index >= 15 is 0 Å². The molecule has 0 fully saturated rings. The van der Waals surface area contributed by atoms with Crippen molar-refractivity contribution in [1.29, 1.82) is 0 Å². The molecule has 1 heterocycles. The number of carboxylic acid groups (broad SMARTS) is 1. The lowest BCUT2D eigenvalue weighted by Gasteiger charge is -2.09. The number of halogens is 2. The van der Waals surface area contributed by atoms with Crippen LogP contribution in [0.1, 0.15) is 10.5 Å². The first-order chi connectivity index (χ1) is 8.02. The summed E-state index contributed by atoms with van der Waals surface area (Å²) in [6.45, 7) is 0. The van der Waals surface area contributed by atoms with Crippen LogP contribution in [0.15, 0.2) is 18.2 Å². The van der Waals surface area contributed by atoms with Gasteiger partial charge in [0, 0.05) is 23.1 Å². The second-order valence-electron chi connectivity index (χ2n) is 3.39. The van der Waals surface area contributed by atoms with Gasteiger partial charge < -0.3 is 10.4 Å². The zero-order valence-electron chi connectivity index (χ0n) is 8.79. The zero-order chi connectivity index (χ0) is 12.6. The Bertz CT molecular complexity index is 614. The number of hydrogen-bond donors (Lipinski definition) is 2. The van der Waals surface area contributed by atoms with Gasteiger partial charge in [0.05, 0.1) is 10.5 Å².